The van der Waals surface area contributed by atoms with Gasteiger partial charge in [0.05, 0.1) is 23.9 Å². The summed E-state index contributed by atoms with van der Waals surface area (Å²) in [5.74, 6) is -0.917. The molecular weight excluding hydrogens is 408 g/mol. The number of methoxy groups -OCH3 is 1. The number of anilines is 1. The fraction of sp³-hybridized carbons (Fsp3) is 0.0800. The molecule has 6 heteroatoms. The molecule has 1 aromatic heterocycles. The molecule has 0 aliphatic heterocycles. The number of nitrogens with one attached hydrogen (secondary N) is 1. The van der Waals surface area contributed by atoms with Gasteiger partial charge in [0.15, 0.2) is 0 Å². The van der Waals surface area contributed by atoms with E-state index in [9.17, 15) is 9.59 Å². The average molecular weight is 429 g/mol. The number of ether oxygens (including phenoxy) is 1. The number of aromatic nitrogens is 1. The number of thiazole rings is 1. The van der Waals surface area contributed by atoms with Gasteiger partial charge in [-0.1, -0.05) is 54.6 Å². The summed E-state index contributed by atoms with van der Waals surface area (Å²) in [5.41, 5.74) is 4.12. The molecule has 31 heavy (non-hydrogen) atoms. The molecule has 0 radical (unpaired) electrons. The van der Waals surface area contributed by atoms with Crippen LogP contribution in [-0.2, 0) is 4.74 Å². The Hall–Kier alpha value is -3.77. The van der Waals surface area contributed by atoms with Crippen LogP contribution < -0.4 is 5.32 Å². The van der Waals surface area contributed by atoms with E-state index in [0.717, 1.165) is 26.7 Å². The van der Waals surface area contributed by atoms with Crippen molar-refractivity contribution >= 4 is 28.9 Å². The van der Waals surface area contributed by atoms with E-state index in [1.165, 1.54) is 7.11 Å². The third-order valence-electron chi connectivity index (χ3n) is 4.81. The summed E-state index contributed by atoms with van der Waals surface area (Å²) in [6.07, 6.45) is 0. The minimum absolute atomic E-state index is 0.227. The summed E-state index contributed by atoms with van der Waals surface area (Å²) < 4.78 is 4.76. The predicted octanol–water partition coefficient (Wildman–Crippen LogP) is 5.82. The largest absolute Gasteiger partial charge is 0.465 e. The van der Waals surface area contributed by atoms with Crippen molar-refractivity contribution < 1.29 is 14.3 Å². The molecule has 1 N–H and O–H groups in total. The van der Waals surface area contributed by atoms with Gasteiger partial charge in [-0.3, -0.25) is 4.79 Å². The first-order valence-corrected chi connectivity index (χ1v) is 10.5. The van der Waals surface area contributed by atoms with Crippen LogP contribution in [0.3, 0.4) is 0 Å². The zero-order chi connectivity index (χ0) is 21.8. The Labute approximate surface area is 184 Å². The third-order valence-corrected chi connectivity index (χ3v) is 5.83. The van der Waals surface area contributed by atoms with Crippen molar-refractivity contribution in [2.24, 2.45) is 0 Å². The summed E-state index contributed by atoms with van der Waals surface area (Å²) >= 11 is 1.66. The van der Waals surface area contributed by atoms with Gasteiger partial charge in [-0.15, -0.1) is 11.3 Å². The molecule has 0 bridgehead atoms. The molecule has 4 aromatic rings. The molecule has 0 saturated heterocycles. The molecule has 4 rings (SSSR count). The summed E-state index contributed by atoms with van der Waals surface area (Å²) in [6.45, 7) is 2.05. The zero-order valence-electron chi connectivity index (χ0n) is 17.1. The van der Waals surface area contributed by atoms with E-state index in [1.807, 2.05) is 54.6 Å². The zero-order valence-corrected chi connectivity index (χ0v) is 17.9. The molecule has 0 fully saturated rings. The van der Waals surface area contributed by atoms with Crippen molar-refractivity contribution in [3.63, 3.8) is 0 Å². The molecule has 154 valence electrons. The van der Waals surface area contributed by atoms with E-state index in [-0.39, 0.29) is 17.0 Å². The standard InChI is InChI=1S/C25H20N2O3S/c1-16-22(27-24(31-16)18-8-4-3-5-9-18)17-12-14-19(15-13-17)26-23(28)20-10-6-7-11-21(20)25(29)30-2/h3-15H,1-2H3,(H,26,28). The van der Waals surface area contributed by atoms with E-state index in [1.54, 1.807) is 35.6 Å². The summed E-state index contributed by atoms with van der Waals surface area (Å²) in [6, 6.07) is 24.2. The highest BCUT2D eigenvalue weighted by Gasteiger charge is 2.17. The van der Waals surface area contributed by atoms with Crippen LogP contribution in [0.15, 0.2) is 78.9 Å². The van der Waals surface area contributed by atoms with Crippen LogP contribution in [0.2, 0.25) is 0 Å². The molecule has 0 aliphatic carbocycles. The monoisotopic (exact) mass is 428 g/mol. The Kier molecular flexibility index (Phi) is 5.91. The molecule has 0 spiro atoms. The first-order valence-electron chi connectivity index (χ1n) is 9.69. The molecule has 0 atom stereocenters. The minimum Gasteiger partial charge on any atom is -0.465 e. The number of nitrogens with zero attached hydrogens (tertiary/aromatic N) is 1. The molecule has 1 heterocycles. The Morgan fingerprint density at radius 2 is 1.48 bits per heavy atom. The SMILES string of the molecule is COC(=O)c1ccccc1C(=O)Nc1ccc(-c2nc(-c3ccccc3)sc2C)cc1. The Morgan fingerprint density at radius 3 is 2.16 bits per heavy atom. The normalized spacial score (nSPS) is 10.5. The number of amides is 1. The van der Waals surface area contributed by atoms with Crippen LogP contribution in [0.4, 0.5) is 5.69 Å². The second-order valence-electron chi connectivity index (χ2n) is 6.86. The Bertz CT molecular complexity index is 1230. The van der Waals surface area contributed by atoms with Crippen LogP contribution in [-0.4, -0.2) is 24.0 Å². The molecular formula is C25H20N2O3S. The molecule has 1 amide bonds. The number of aryl methyl sites for hydroxylation is 1. The number of hydrogen-bond donors (Lipinski definition) is 1. The van der Waals surface area contributed by atoms with E-state index in [2.05, 4.69) is 12.2 Å². The molecule has 0 saturated carbocycles. The lowest BCUT2D eigenvalue weighted by Crippen LogP contribution is -2.17. The van der Waals surface area contributed by atoms with Gasteiger partial charge in [-0.05, 0) is 31.2 Å². The van der Waals surface area contributed by atoms with Gasteiger partial charge in [0.1, 0.15) is 5.01 Å². The van der Waals surface area contributed by atoms with E-state index in [0.29, 0.717) is 5.69 Å². The average Bonchev–Trinajstić information content (AvgIpc) is 3.21. The van der Waals surface area contributed by atoms with Crippen LogP contribution in [0.1, 0.15) is 25.6 Å². The van der Waals surface area contributed by atoms with Gasteiger partial charge in [-0.25, -0.2) is 9.78 Å². The number of benzene rings is 3. The number of carbonyl (C=O) groups excluding carboxylic acids is 2. The highest BCUT2D eigenvalue weighted by Crippen LogP contribution is 2.33. The van der Waals surface area contributed by atoms with Crippen LogP contribution in [0.5, 0.6) is 0 Å². The van der Waals surface area contributed by atoms with E-state index >= 15 is 0 Å². The maximum atomic E-state index is 12.7. The van der Waals surface area contributed by atoms with E-state index in [4.69, 9.17) is 9.72 Å². The number of hydrogen-bond acceptors (Lipinski definition) is 5. The van der Waals surface area contributed by atoms with Crippen molar-refractivity contribution in [1.29, 1.82) is 0 Å². The topological polar surface area (TPSA) is 68.3 Å². The Balaban J connectivity index is 1.54. The smallest absolute Gasteiger partial charge is 0.338 e. The van der Waals surface area contributed by atoms with Crippen molar-refractivity contribution in [3.05, 3.63) is 94.9 Å². The lowest BCUT2D eigenvalue weighted by Gasteiger charge is -2.09. The minimum atomic E-state index is -0.547. The van der Waals surface area contributed by atoms with Crippen molar-refractivity contribution in [3.8, 4) is 21.8 Å². The number of esters is 1. The molecule has 3 aromatic carbocycles. The fourth-order valence-electron chi connectivity index (χ4n) is 3.25. The second kappa shape index (κ2) is 8.93. The van der Waals surface area contributed by atoms with E-state index < -0.39 is 5.97 Å². The van der Waals surface area contributed by atoms with Crippen LogP contribution >= 0.6 is 11.3 Å². The maximum absolute atomic E-state index is 12.7. The quantitative estimate of drug-likeness (QED) is 0.407. The van der Waals surface area contributed by atoms with Gasteiger partial charge in [0.25, 0.3) is 5.91 Å². The summed E-state index contributed by atoms with van der Waals surface area (Å²) in [7, 11) is 1.29. The highest BCUT2D eigenvalue weighted by atomic mass is 32.1. The second-order valence-corrected chi connectivity index (χ2v) is 8.06. The lowest BCUT2D eigenvalue weighted by molar-refractivity contribution is 0.0597. The first-order chi connectivity index (χ1) is 15.1. The fourth-order valence-corrected chi connectivity index (χ4v) is 4.19. The molecule has 5 nitrogen and oxygen atoms in total. The molecule has 0 aliphatic rings. The van der Waals surface area contributed by atoms with Crippen molar-refractivity contribution in [2.75, 3.05) is 12.4 Å². The number of carbonyl (C=O) groups is 2. The summed E-state index contributed by atoms with van der Waals surface area (Å²) in [4.78, 5) is 30.6. The molecule has 0 unspecified atom stereocenters. The third kappa shape index (κ3) is 4.39. The first kappa shape index (κ1) is 20.5. The lowest BCUT2D eigenvalue weighted by atomic mass is 10.1. The van der Waals surface area contributed by atoms with Gasteiger partial charge < -0.3 is 10.1 Å². The van der Waals surface area contributed by atoms with Crippen LogP contribution in [0, 0.1) is 6.92 Å². The van der Waals surface area contributed by atoms with Crippen LogP contribution in [0.25, 0.3) is 21.8 Å². The van der Waals surface area contributed by atoms with Gasteiger partial charge in [0.2, 0.25) is 0 Å². The van der Waals surface area contributed by atoms with Gasteiger partial charge in [0, 0.05) is 21.7 Å². The van der Waals surface area contributed by atoms with Gasteiger partial charge >= 0.3 is 5.97 Å². The predicted molar refractivity (Wildman–Crippen MR) is 123 cm³/mol. The maximum Gasteiger partial charge on any atom is 0.338 e. The van der Waals surface area contributed by atoms with Gasteiger partial charge in [-0.2, -0.15) is 0 Å². The number of rotatable bonds is 5. The van der Waals surface area contributed by atoms with Crippen molar-refractivity contribution in [2.45, 2.75) is 6.92 Å². The Morgan fingerprint density at radius 1 is 0.839 bits per heavy atom. The van der Waals surface area contributed by atoms with Crippen molar-refractivity contribution in [1.82, 2.24) is 4.98 Å². The summed E-state index contributed by atoms with van der Waals surface area (Å²) in [5, 5.41) is 3.81. The highest BCUT2D eigenvalue weighted by molar-refractivity contribution is 7.15.